The molecule has 1 saturated carbocycles. The lowest BCUT2D eigenvalue weighted by Gasteiger charge is -2.26. The molecule has 1 aliphatic rings. The first-order valence-corrected chi connectivity index (χ1v) is 7.59. The lowest BCUT2D eigenvalue weighted by atomic mass is 9.83. The highest BCUT2D eigenvalue weighted by Gasteiger charge is 2.20. The topological polar surface area (TPSA) is 47.6 Å². The molecule has 0 aromatic carbocycles. The molecule has 3 atom stereocenters. The molecular weight excluding hydrogens is 242 g/mol. The molecule has 3 unspecified atom stereocenters. The van der Waals surface area contributed by atoms with Crippen LogP contribution in [0.2, 0.25) is 0 Å². The Morgan fingerprint density at radius 2 is 2.21 bits per heavy atom. The molecule has 1 fully saturated rings. The van der Waals surface area contributed by atoms with Crippen LogP contribution in [-0.4, -0.2) is 38.9 Å². The highest BCUT2D eigenvalue weighted by atomic mass is 16.5. The maximum Gasteiger partial charge on any atom is 0.323 e. The van der Waals surface area contributed by atoms with E-state index in [4.69, 9.17) is 9.47 Å². The Labute approximate surface area is 117 Å². The fraction of sp³-hybridized carbons (Fsp3) is 0.933. The predicted molar refractivity (Wildman–Crippen MR) is 76.0 cm³/mol. The molecule has 19 heavy (non-hydrogen) atoms. The van der Waals surface area contributed by atoms with Crippen molar-refractivity contribution in [3.05, 3.63) is 0 Å². The number of carbonyl (C=O) groups excluding carboxylic acids is 1. The van der Waals surface area contributed by atoms with Crippen LogP contribution in [0.4, 0.5) is 0 Å². The number of hydrogen-bond acceptors (Lipinski definition) is 4. The molecule has 1 N–H and O–H groups in total. The van der Waals surface area contributed by atoms with Gasteiger partial charge < -0.3 is 14.8 Å². The van der Waals surface area contributed by atoms with E-state index < -0.39 is 0 Å². The molecule has 4 heteroatoms. The SMILES string of the molecule is CCOC(=O)C(CCOCC1CCCC(C)C1)NC. The molecule has 0 amide bonds. The molecule has 0 radical (unpaired) electrons. The predicted octanol–water partition coefficient (Wildman–Crippen LogP) is 2.37. The van der Waals surface area contributed by atoms with Gasteiger partial charge in [-0.1, -0.05) is 19.8 Å². The Morgan fingerprint density at radius 3 is 2.84 bits per heavy atom. The van der Waals surface area contributed by atoms with E-state index in [-0.39, 0.29) is 12.0 Å². The van der Waals surface area contributed by atoms with Gasteiger partial charge in [0.05, 0.1) is 6.61 Å². The summed E-state index contributed by atoms with van der Waals surface area (Å²) in [5.74, 6) is 1.37. The van der Waals surface area contributed by atoms with Crippen molar-refractivity contribution in [1.29, 1.82) is 0 Å². The standard InChI is InChI=1S/C15H29NO3/c1-4-19-15(17)14(16-3)8-9-18-11-13-7-5-6-12(2)10-13/h12-14,16H,4-11H2,1-3H3. The molecule has 0 spiro atoms. The van der Waals surface area contributed by atoms with E-state index in [1.165, 1.54) is 25.7 Å². The average Bonchev–Trinajstić information content (AvgIpc) is 2.39. The van der Waals surface area contributed by atoms with Crippen LogP contribution >= 0.6 is 0 Å². The van der Waals surface area contributed by atoms with Crippen molar-refractivity contribution in [3.8, 4) is 0 Å². The summed E-state index contributed by atoms with van der Waals surface area (Å²) >= 11 is 0. The fourth-order valence-electron chi connectivity index (χ4n) is 2.79. The maximum absolute atomic E-state index is 11.6. The number of carbonyl (C=O) groups is 1. The summed E-state index contributed by atoms with van der Waals surface area (Å²) in [5.41, 5.74) is 0. The number of ether oxygens (including phenoxy) is 2. The minimum absolute atomic E-state index is 0.181. The van der Waals surface area contributed by atoms with Gasteiger partial charge in [-0.15, -0.1) is 0 Å². The molecule has 1 aliphatic carbocycles. The molecule has 4 nitrogen and oxygen atoms in total. The highest BCUT2D eigenvalue weighted by molar-refractivity contribution is 5.75. The van der Waals surface area contributed by atoms with E-state index in [0.29, 0.717) is 25.6 Å². The lowest BCUT2D eigenvalue weighted by Crippen LogP contribution is -2.36. The first kappa shape index (κ1) is 16.4. The van der Waals surface area contributed by atoms with Crippen molar-refractivity contribution in [2.24, 2.45) is 11.8 Å². The average molecular weight is 271 g/mol. The number of nitrogens with one attached hydrogen (secondary N) is 1. The van der Waals surface area contributed by atoms with Gasteiger partial charge in [-0.05, 0) is 45.1 Å². The third-order valence-corrected chi connectivity index (χ3v) is 3.87. The van der Waals surface area contributed by atoms with Gasteiger partial charge in [-0.25, -0.2) is 0 Å². The van der Waals surface area contributed by atoms with Gasteiger partial charge in [-0.3, -0.25) is 4.79 Å². The number of rotatable bonds is 8. The van der Waals surface area contributed by atoms with Crippen molar-refractivity contribution in [3.63, 3.8) is 0 Å². The minimum Gasteiger partial charge on any atom is -0.465 e. The zero-order valence-electron chi connectivity index (χ0n) is 12.6. The summed E-state index contributed by atoms with van der Waals surface area (Å²) in [6.07, 6.45) is 5.95. The monoisotopic (exact) mass is 271 g/mol. The maximum atomic E-state index is 11.6. The number of esters is 1. The van der Waals surface area contributed by atoms with Crippen LogP contribution in [0.1, 0.15) is 46.0 Å². The van der Waals surface area contributed by atoms with Crippen molar-refractivity contribution < 1.29 is 14.3 Å². The second kappa shape index (κ2) is 9.32. The Morgan fingerprint density at radius 1 is 1.42 bits per heavy atom. The Balaban J connectivity index is 2.13. The number of likely N-dealkylation sites (N-methyl/N-ethyl adjacent to an activating group) is 1. The smallest absolute Gasteiger partial charge is 0.323 e. The Bertz CT molecular complexity index is 258. The van der Waals surface area contributed by atoms with Gasteiger partial charge in [0.25, 0.3) is 0 Å². The summed E-state index contributed by atoms with van der Waals surface area (Å²) < 4.78 is 10.7. The van der Waals surface area contributed by atoms with Crippen LogP contribution < -0.4 is 5.32 Å². The second-order valence-electron chi connectivity index (χ2n) is 5.59. The van der Waals surface area contributed by atoms with Gasteiger partial charge >= 0.3 is 5.97 Å². The molecule has 0 aromatic heterocycles. The van der Waals surface area contributed by atoms with E-state index in [1.54, 1.807) is 7.05 Å². The van der Waals surface area contributed by atoms with Crippen molar-refractivity contribution in [2.45, 2.75) is 52.0 Å². The molecule has 0 saturated heterocycles. The van der Waals surface area contributed by atoms with Crippen molar-refractivity contribution in [1.82, 2.24) is 5.32 Å². The zero-order valence-corrected chi connectivity index (χ0v) is 12.6. The van der Waals surface area contributed by atoms with Gasteiger partial charge in [0, 0.05) is 13.2 Å². The second-order valence-corrected chi connectivity index (χ2v) is 5.59. The van der Waals surface area contributed by atoms with Crippen LogP contribution in [0, 0.1) is 11.8 Å². The summed E-state index contributed by atoms with van der Waals surface area (Å²) in [6, 6.07) is -0.245. The molecule has 0 aromatic rings. The highest BCUT2D eigenvalue weighted by Crippen LogP contribution is 2.28. The van der Waals surface area contributed by atoms with E-state index in [0.717, 1.165) is 12.5 Å². The van der Waals surface area contributed by atoms with E-state index in [1.807, 2.05) is 6.92 Å². The summed E-state index contributed by atoms with van der Waals surface area (Å²) in [5, 5.41) is 2.98. The van der Waals surface area contributed by atoms with Crippen LogP contribution in [0.25, 0.3) is 0 Å². The van der Waals surface area contributed by atoms with Crippen LogP contribution in [0.5, 0.6) is 0 Å². The molecule has 1 rings (SSSR count). The Kier molecular flexibility index (Phi) is 8.07. The van der Waals surface area contributed by atoms with Crippen molar-refractivity contribution >= 4 is 5.97 Å². The summed E-state index contributed by atoms with van der Waals surface area (Å²) in [6.45, 7) is 6.03. The molecule has 0 bridgehead atoms. The fourth-order valence-corrected chi connectivity index (χ4v) is 2.79. The molecule has 0 aliphatic heterocycles. The zero-order chi connectivity index (χ0) is 14.1. The molecule has 0 heterocycles. The molecular formula is C15H29NO3. The largest absolute Gasteiger partial charge is 0.465 e. The van der Waals surface area contributed by atoms with Crippen molar-refractivity contribution in [2.75, 3.05) is 26.9 Å². The quantitative estimate of drug-likeness (QED) is 0.544. The third-order valence-electron chi connectivity index (χ3n) is 3.87. The van der Waals surface area contributed by atoms with Gasteiger partial charge in [0.15, 0.2) is 0 Å². The van der Waals surface area contributed by atoms with E-state index in [9.17, 15) is 4.79 Å². The van der Waals surface area contributed by atoms with Crippen LogP contribution in [0.15, 0.2) is 0 Å². The first-order chi connectivity index (χ1) is 9.17. The van der Waals surface area contributed by atoms with Crippen LogP contribution in [0.3, 0.4) is 0 Å². The number of hydrogen-bond donors (Lipinski definition) is 1. The first-order valence-electron chi connectivity index (χ1n) is 7.59. The third kappa shape index (κ3) is 6.39. The van der Waals surface area contributed by atoms with Gasteiger partial charge in [0.1, 0.15) is 6.04 Å². The summed E-state index contributed by atoms with van der Waals surface area (Å²) in [7, 11) is 1.78. The van der Waals surface area contributed by atoms with Gasteiger partial charge in [-0.2, -0.15) is 0 Å². The Hall–Kier alpha value is -0.610. The van der Waals surface area contributed by atoms with E-state index >= 15 is 0 Å². The van der Waals surface area contributed by atoms with Crippen LogP contribution in [-0.2, 0) is 14.3 Å². The van der Waals surface area contributed by atoms with E-state index in [2.05, 4.69) is 12.2 Å². The van der Waals surface area contributed by atoms with Gasteiger partial charge in [0.2, 0.25) is 0 Å². The summed E-state index contributed by atoms with van der Waals surface area (Å²) in [4.78, 5) is 11.6. The minimum atomic E-state index is -0.245. The normalized spacial score (nSPS) is 25.0. The molecule has 112 valence electrons. The lowest BCUT2D eigenvalue weighted by molar-refractivity contribution is -0.146.